The average Bonchev–Trinajstić information content (AvgIpc) is 2.48. The first-order valence-electron chi connectivity index (χ1n) is 3.74. The van der Waals surface area contributed by atoms with E-state index in [9.17, 15) is 0 Å². The number of hydrogen-bond acceptors (Lipinski definition) is 3. The molecule has 1 heterocycles. The molecule has 1 aromatic carbocycles. The zero-order valence-corrected chi connectivity index (χ0v) is 10.8. The van der Waals surface area contributed by atoms with Crippen molar-refractivity contribution in [2.45, 2.75) is 4.90 Å². The molecule has 1 nitrogen and oxygen atoms in total. The van der Waals surface area contributed by atoms with Gasteiger partial charge in [-0.3, -0.25) is 0 Å². The van der Waals surface area contributed by atoms with Crippen molar-refractivity contribution < 1.29 is 0 Å². The lowest BCUT2D eigenvalue weighted by Crippen LogP contribution is -1.84. The average molecular weight is 321 g/mol. The minimum atomic E-state index is 0.881. The number of hydrogen-bond donors (Lipinski definition) is 1. The molecule has 68 valence electrons. The van der Waals surface area contributed by atoms with Gasteiger partial charge in [0.2, 0.25) is 0 Å². The second-order valence-corrected chi connectivity index (χ2v) is 6.44. The molecule has 0 saturated heterocycles. The Morgan fingerprint density at radius 3 is 2.92 bits per heavy atom. The lowest BCUT2D eigenvalue weighted by atomic mass is 10.2. The molecule has 0 saturated carbocycles. The van der Waals surface area contributed by atoms with Crippen molar-refractivity contribution in [1.82, 2.24) is 0 Å². The van der Waals surface area contributed by atoms with Crippen molar-refractivity contribution in [2.75, 3.05) is 12.0 Å². The highest BCUT2D eigenvalue weighted by Gasteiger charge is 2.06. The molecular formula is C9H8INS2. The highest BCUT2D eigenvalue weighted by atomic mass is 127. The number of anilines is 1. The van der Waals surface area contributed by atoms with Gasteiger partial charge in [-0.1, -0.05) is 0 Å². The zero-order valence-electron chi connectivity index (χ0n) is 7.00. The van der Waals surface area contributed by atoms with Gasteiger partial charge in [-0.05, 0) is 47.0 Å². The molecule has 2 aromatic rings. The summed E-state index contributed by atoms with van der Waals surface area (Å²) in [4.78, 5) is 1.32. The molecule has 0 spiro atoms. The molecule has 0 bridgehead atoms. The monoisotopic (exact) mass is 321 g/mol. The standard InChI is InChI=1S/C9H8INS2/c1-12-7-3-2-6(11)5-4-8(10)13-9(5)7/h2-4H,11H2,1H3. The molecule has 0 radical (unpaired) electrons. The maximum Gasteiger partial charge on any atom is 0.0667 e. The summed E-state index contributed by atoms with van der Waals surface area (Å²) in [5.74, 6) is 0. The quantitative estimate of drug-likeness (QED) is 0.491. The third-order valence-electron chi connectivity index (χ3n) is 1.87. The predicted molar refractivity (Wildman–Crippen MR) is 70.7 cm³/mol. The summed E-state index contributed by atoms with van der Waals surface area (Å²) in [6.07, 6.45) is 2.09. The molecule has 0 aliphatic rings. The lowest BCUT2D eigenvalue weighted by molar-refractivity contribution is 1.59. The van der Waals surface area contributed by atoms with Crippen LogP contribution in [0.5, 0.6) is 0 Å². The summed E-state index contributed by atoms with van der Waals surface area (Å²) in [7, 11) is 0. The van der Waals surface area contributed by atoms with Gasteiger partial charge in [0.1, 0.15) is 0 Å². The summed E-state index contributed by atoms with van der Waals surface area (Å²) in [5.41, 5.74) is 6.77. The number of nitrogens with two attached hydrogens (primary N) is 1. The van der Waals surface area contributed by atoms with Crippen LogP contribution < -0.4 is 5.73 Å². The van der Waals surface area contributed by atoms with Crippen molar-refractivity contribution in [3.8, 4) is 0 Å². The van der Waals surface area contributed by atoms with Crippen LogP contribution in [0.2, 0.25) is 0 Å². The number of nitrogen functional groups attached to an aromatic ring is 1. The van der Waals surface area contributed by atoms with E-state index in [4.69, 9.17) is 5.73 Å². The summed E-state index contributed by atoms with van der Waals surface area (Å²) in [6.45, 7) is 0. The molecule has 4 heteroatoms. The molecule has 13 heavy (non-hydrogen) atoms. The van der Waals surface area contributed by atoms with E-state index >= 15 is 0 Å². The van der Waals surface area contributed by atoms with Crippen molar-refractivity contribution in [1.29, 1.82) is 0 Å². The van der Waals surface area contributed by atoms with Gasteiger partial charge in [0.15, 0.2) is 0 Å². The van der Waals surface area contributed by atoms with E-state index in [1.165, 1.54) is 17.9 Å². The van der Waals surface area contributed by atoms with Gasteiger partial charge < -0.3 is 5.73 Å². The number of fused-ring (bicyclic) bond motifs is 1. The van der Waals surface area contributed by atoms with Crippen LogP contribution in [0.15, 0.2) is 23.1 Å². The lowest BCUT2D eigenvalue weighted by Gasteiger charge is -2.00. The second kappa shape index (κ2) is 3.67. The van der Waals surface area contributed by atoms with Crippen LogP contribution in [0.25, 0.3) is 10.1 Å². The van der Waals surface area contributed by atoms with Crippen molar-refractivity contribution in [3.05, 3.63) is 21.1 Å². The van der Waals surface area contributed by atoms with Crippen LogP contribution in [0.4, 0.5) is 5.69 Å². The number of thioether (sulfide) groups is 1. The fraction of sp³-hybridized carbons (Fsp3) is 0.111. The fourth-order valence-corrected chi connectivity index (χ4v) is 3.92. The van der Waals surface area contributed by atoms with Gasteiger partial charge in [0.25, 0.3) is 0 Å². The highest BCUT2D eigenvalue weighted by molar-refractivity contribution is 14.1. The van der Waals surface area contributed by atoms with Crippen molar-refractivity contribution in [2.24, 2.45) is 0 Å². The third-order valence-corrected chi connectivity index (χ3v) is 4.71. The molecule has 2 rings (SSSR count). The Kier molecular flexibility index (Phi) is 2.71. The molecular weight excluding hydrogens is 313 g/mol. The Morgan fingerprint density at radius 1 is 1.46 bits per heavy atom. The first-order chi connectivity index (χ1) is 6.22. The Bertz CT molecular complexity index is 450. The number of halogens is 1. The Labute approximate surface area is 98.8 Å². The zero-order chi connectivity index (χ0) is 9.42. The SMILES string of the molecule is CSc1ccc(N)c2cc(I)sc12. The number of benzene rings is 1. The summed E-state index contributed by atoms with van der Waals surface area (Å²) in [6, 6.07) is 6.22. The van der Waals surface area contributed by atoms with Crippen LogP contribution in [0.1, 0.15) is 0 Å². The summed E-state index contributed by atoms with van der Waals surface area (Å²) in [5, 5.41) is 1.20. The van der Waals surface area contributed by atoms with Gasteiger partial charge >= 0.3 is 0 Å². The molecule has 0 atom stereocenters. The van der Waals surface area contributed by atoms with Crippen LogP contribution in [-0.2, 0) is 0 Å². The van der Waals surface area contributed by atoms with E-state index in [-0.39, 0.29) is 0 Å². The predicted octanol–water partition coefficient (Wildman–Crippen LogP) is 3.81. The second-order valence-electron chi connectivity index (χ2n) is 2.65. The van der Waals surface area contributed by atoms with Gasteiger partial charge in [-0.15, -0.1) is 23.1 Å². The first kappa shape index (κ1) is 9.61. The molecule has 0 aliphatic heterocycles. The van der Waals surface area contributed by atoms with E-state index < -0.39 is 0 Å². The van der Waals surface area contributed by atoms with Crippen molar-refractivity contribution >= 4 is 61.5 Å². The summed E-state index contributed by atoms with van der Waals surface area (Å²) < 4.78 is 2.61. The number of thiophene rings is 1. The topological polar surface area (TPSA) is 26.0 Å². The smallest absolute Gasteiger partial charge is 0.0667 e. The first-order valence-corrected chi connectivity index (χ1v) is 6.86. The third kappa shape index (κ3) is 1.67. The van der Waals surface area contributed by atoms with Crippen LogP contribution in [0, 0.1) is 2.88 Å². The van der Waals surface area contributed by atoms with E-state index in [0.717, 1.165) is 5.69 Å². The van der Waals surface area contributed by atoms with Gasteiger partial charge in [0.05, 0.1) is 7.58 Å². The molecule has 0 aliphatic carbocycles. The fourth-order valence-electron chi connectivity index (χ4n) is 1.25. The Morgan fingerprint density at radius 2 is 2.23 bits per heavy atom. The normalized spacial score (nSPS) is 10.9. The van der Waals surface area contributed by atoms with Gasteiger partial charge in [-0.25, -0.2) is 0 Å². The molecule has 0 unspecified atom stereocenters. The number of rotatable bonds is 1. The Balaban J connectivity index is 2.83. The van der Waals surface area contributed by atoms with Crippen LogP contribution in [0.3, 0.4) is 0 Å². The highest BCUT2D eigenvalue weighted by Crippen LogP contribution is 2.37. The van der Waals surface area contributed by atoms with E-state index in [1.807, 2.05) is 6.07 Å². The van der Waals surface area contributed by atoms with Crippen molar-refractivity contribution in [3.63, 3.8) is 0 Å². The molecule has 2 N–H and O–H groups in total. The van der Waals surface area contributed by atoms with E-state index in [2.05, 4.69) is 41.0 Å². The van der Waals surface area contributed by atoms with Gasteiger partial charge in [0, 0.05) is 16.0 Å². The minimum absolute atomic E-state index is 0.881. The maximum absolute atomic E-state index is 5.89. The largest absolute Gasteiger partial charge is 0.398 e. The van der Waals surface area contributed by atoms with E-state index in [1.54, 1.807) is 23.1 Å². The molecule has 0 amide bonds. The maximum atomic E-state index is 5.89. The van der Waals surface area contributed by atoms with Crippen LogP contribution in [-0.4, -0.2) is 6.26 Å². The Hall–Kier alpha value is 0.0600. The minimum Gasteiger partial charge on any atom is -0.398 e. The van der Waals surface area contributed by atoms with Gasteiger partial charge in [-0.2, -0.15) is 0 Å². The van der Waals surface area contributed by atoms with E-state index in [0.29, 0.717) is 0 Å². The molecule has 1 aromatic heterocycles. The summed E-state index contributed by atoms with van der Waals surface area (Å²) >= 11 is 5.91. The van der Waals surface area contributed by atoms with Crippen LogP contribution >= 0.6 is 45.7 Å². The molecule has 0 fully saturated rings.